The Labute approximate surface area is 169 Å². The molecule has 1 aliphatic rings. The highest BCUT2D eigenvalue weighted by Crippen LogP contribution is 2.43. The first kappa shape index (κ1) is 20.1. The molecule has 0 bridgehead atoms. The van der Waals surface area contributed by atoms with Crippen molar-refractivity contribution in [2.75, 3.05) is 0 Å². The smallest absolute Gasteiger partial charge is 0.219 e. The molecule has 0 aliphatic heterocycles. The van der Waals surface area contributed by atoms with Crippen LogP contribution in [-0.4, -0.2) is 24.0 Å². The van der Waals surface area contributed by atoms with Gasteiger partial charge >= 0.3 is 0 Å². The maximum absolute atomic E-state index is 4.22. The van der Waals surface area contributed by atoms with Crippen molar-refractivity contribution < 1.29 is 0 Å². The Kier molecular flexibility index (Phi) is 5.48. The third-order valence-electron chi connectivity index (χ3n) is 6.02. The second-order valence-corrected chi connectivity index (χ2v) is 13.5. The normalized spacial score (nSPS) is 18.5. The van der Waals surface area contributed by atoms with E-state index >= 15 is 0 Å². The van der Waals surface area contributed by atoms with Crippen molar-refractivity contribution >= 4 is 28.9 Å². The van der Waals surface area contributed by atoms with E-state index in [1.165, 1.54) is 21.5 Å². The molecule has 3 heteroatoms. The van der Waals surface area contributed by atoms with Crippen LogP contribution >= 0.6 is 0 Å². The molecular formula is C24H33NSi2. The quantitative estimate of drug-likeness (QED) is 0.787. The minimum atomic E-state index is -2.34. The van der Waals surface area contributed by atoms with E-state index in [-0.39, 0.29) is 5.54 Å². The van der Waals surface area contributed by atoms with Crippen molar-refractivity contribution in [2.24, 2.45) is 0 Å². The summed E-state index contributed by atoms with van der Waals surface area (Å²) in [4.78, 5) is 4.22. The molecule has 0 aromatic heterocycles. The van der Waals surface area contributed by atoms with Crippen LogP contribution < -0.4 is 15.4 Å². The molecule has 1 N–H and O–H groups in total. The van der Waals surface area contributed by atoms with Crippen molar-refractivity contribution in [1.82, 2.24) is 4.98 Å². The third-order valence-corrected chi connectivity index (χ3v) is 13.2. The highest BCUT2D eigenvalue weighted by atomic mass is 28.3. The summed E-state index contributed by atoms with van der Waals surface area (Å²) in [7, 11) is -1.19. The van der Waals surface area contributed by atoms with Crippen molar-refractivity contribution in [3.05, 3.63) is 82.6 Å². The molecule has 27 heavy (non-hydrogen) atoms. The third kappa shape index (κ3) is 3.56. The van der Waals surface area contributed by atoms with Crippen LogP contribution in [0.4, 0.5) is 0 Å². The monoisotopic (exact) mass is 391 g/mol. The molecule has 1 nitrogen and oxygen atoms in total. The second kappa shape index (κ2) is 7.38. The summed E-state index contributed by atoms with van der Waals surface area (Å²) in [5.41, 5.74) is 5.23. The first-order valence-electron chi connectivity index (χ1n) is 9.98. The Morgan fingerprint density at radius 2 is 1.22 bits per heavy atom. The fourth-order valence-electron chi connectivity index (χ4n) is 4.60. The van der Waals surface area contributed by atoms with Gasteiger partial charge in [-0.05, 0) is 63.0 Å². The molecule has 2 aromatic rings. The topological polar surface area (TPSA) is 12.0 Å². The van der Waals surface area contributed by atoms with Gasteiger partial charge in [0.2, 0.25) is 8.24 Å². The fourth-order valence-corrected chi connectivity index (χ4v) is 12.3. The first-order valence-corrected chi connectivity index (χ1v) is 13.1. The van der Waals surface area contributed by atoms with E-state index in [0.717, 1.165) is 10.2 Å². The molecule has 0 spiro atoms. The van der Waals surface area contributed by atoms with E-state index in [2.05, 4.69) is 107 Å². The molecule has 3 rings (SSSR count). The number of allylic oxidation sites excluding steroid dienone is 4. The van der Waals surface area contributed by atoms with Gasteiger partial charge < -0.3 is 4.98 Å². The number of hydrogen-bond donors (Lipinski definition) is 1. The lowest BCUT2D eigenvalue weighted by Gasteiger charge is -2.43. The fraction of sp³-hybridized carbons (Fsp3) is 0.333. The summed E-state index contributed by atoms with van der Waals surface area (Å²) in [5.74, 6) is 0. The van der Waals surface area contributed by atoms with Crippen molar-refractivity contribution in [2.45, 2.75) is 52.6 Å². The van der Waals surface area contributed by atoms with Crippen LogP contribution in [-0.2, 0) is 0 Å². The molecule has 0 saturated carbocycles. The summed E-state index contributed by atoms with van der Waals surface area (Å²) in [6.07, 6.45) is 0. The summed E-state index contributed by atoms with van der Waals surface area (Å²) in [5, 5.41) is 4.60. The van der Waals surface area contributed by atoms with Gasteiger partial charge in [0.1, 0.15) is 0 Å². The molecule has 0 saturated heterocycles. The average molecular weight is 392 g/mol. The number of hydrogen-bond acceptors (Lipinski definition) is 1. The molecule has 1 unspecified atom stereocenters. The Balaban J connectivity index is 2.39. The van der Waals surface area contributed by atoms with Gasteiger partial charge in [-0.3, -0.25) is 0 Å². The first-order chi connectivity index (χ1) is 12.7. The SMILES string of the molecule is CC1=C(C)C([SiH3])C([Si](NC(C)(C)C)(c2ccccc2)c2ccccc2)=C1C. The van der Waals surface area contributed by atoms with Crippen molar-refractivity contribution in [1.29, 1.82) is 0 Å². The molecule has 0 radical (unpaired) electrons. The van der Waals surface area contributed by atoms with E-state index in [9.17, 15) is 0 Å². The molecule has 0 amide bonds. The summed E-state index contributed by atoms with van der Waals surface area (Å²) in [6, 6.07) is 22.4. The largest absolute Gasteiger partial charge is 0.322 e. The van der Waals surface area contributed by atoms with Gasteiger partial charge in [-0.1, -0.05) is 77.0 Å². The zero-order valence-electron chi connectivity index (χ0n) is 17.9. The molecule has 0 heterocycles. The Bertz CT molecular complexity index is 834. The predicted molar refractivity (Wildman–Crippen MR) is 126 cm³/mol. The summed E-state index contributed by atoms with van der Waals surface area (Å²) in [6.45, 7) is 13.9. The van der Waals surface area contributed by atoms with Crippen LogP contribution in [0.2, 0.25) is 5.54 Å². The van der Waals surface area contributed by atoms with Crippen LogP contribution in [0.25, 0.3) is 0 Å². The highest BCUT2D eigenvalue weighted by molar-refractivity contribution is 7.06. The molecule has 1 atom stereocenters. The van der Waals surface area contributed by atoms with Gasteiger partial charge in [0.15, 0.2) is 0 Å². The van der Waals surface area contributed by atoms with Gasteiger partial charge in [-0.15, -0.1) is 0 Å². The van der Waals surface area contributed by atoms with Crippen LogP contribution in [0.5, 0.6) is 0 Å². The zero-order chi connectivity index (χ0) is 19.8. The van der Waals surface area contributed by atoms with Crippen molar-refractivity contribution in [3.8, 4) is 0 Å². The average Bonchev–Trinajstić information content (AvgIpc) is 2.84. The van der Waals surface area contributed by atoms with Crippen LogP contribution in [0.1, 0.15) is 41.5 Å². The van der Waals surface area contributed by atoms with Crippen LogP contribution in [0.15, 0.2) is 82.6 Å². The van der Waals surface area contributed by atoms with E-state index in [0.29, 0.717) is 5.54 Å². The van der Waals surface area contributed by atoms with Crippen molar-refractivity contribution in [3.63, 3.8) is 0 Å². The minimum absolute atomic E-state index is 0.0247. The molecule has 1 aliphatic carbocycles. The lowest BCUT2D eigenvalue weighted by Crippen LogP contribution is -2.74. The van der Waals surface area contributed by atoms with E-state index in [4.69, 9.17) is 0 Å². The predicted octanol–water partition coefficient (Wildman–Crippen LogP) is 3.49. The minimum Gasteiger partial charge on any atom is -0.322 e. The van der Waals surface area contributed by atoms with Gasteiger partial charge in [-0.25, -0.2) is 0 Å². The number of benzene rings is 2. The lowest BCUT2D eigenvalue weighted by molar-refractivity contribution is 0.517. The Hall–Kier alpha value is -1.69. The van der Waals surface area contributed by atoms with E-state index in [1.54, 1.807) is 10.8 Å². The number of rotatable bonds is 4. The lowest BCUT2D eigenvalue weighted by atomic mass is 10.1. The van der Waals surface area contributed by atoms with Gasteiger partial charge in [0.05, 0.1) is 0 Å². The highest BCUT2D eigenvalue weighted by Gasteiger charge is 2.48. The van der Waals surface area contributed by atoms with Gasteiger partial charge in [-0.2, -0.15) is 0 Å². The molecule has 2 aromatic carbocycles. The van der Waals surface area contributed by atoms with Gasteiger partial charge in [0.25, 0.3) is 0 Å². The standard InChI is InChI=1S/C24H33NSi2/c1-17-18(2)22(26)23(19(17)3)27(25-24(4,5)6,20-13-9-7-10-14-20)21-15-11-8-12-16-21/h7-16,22,25H,1-6,26H3. The van der Waals surface area contributed by atoms with Crippen LogP contribution in [0, 0.1) is 0 Å². The maximum Gasteiger partial charge on any atom is 0.219 e. The molecule has 142 valence electrons. The summed E-state index contributed by atoms with van der Waals surface area (Å²) < 4.78 is 0. The molecule has 0 fully saturated rings. The second-order valence-electron chi connectivity index (χ2n) is 8.93. The van der Waals surface area contributed by atoms with E-state index < -0.39 is 8.24 Å². The zero-order valence-corrected chi connectivity index (χ0v) is 20.9. The Morgan fingerprint density at radius 3 is 1.56 bits per heavy atom. The van der Waals surface area contributed by atoms with E-state index in [1.807, 2.05) is 0 Å². The number of nitrogens with one attached hydrogen (secondary N) is 1. The van der Waals surface area contributed by atoms with Gasteiger partial charge in [0, 0.05) is 15.8 Å². The maximum atomic E-state index is 4.22. The summed E-state index contributed by atoms with van der Waals surface area (Å²) >= 11 is 0. The molecular weight excluding hydrogens is 358 g/mol. The Morgan fingerprint density at radius 1 is 0.778 bits per heavy atom. The van der Waals surface area contributed by atoms with Crippen LogP contribution in [0.3, 0.4) is 0 Å².